The number of hydrogen-bond donors (Lipinski definition) is 3. The van der Waals surface area contributed by atoms with Crippen molar-refractivity contribution in [3.63, 3.8) is 0 Å². The van der Waals surface area contributed by atoms with Crippen LogP contribution in [-0.2, 0) is 33.9 Å². The number of unbranched alkanes of at least 4 members (excludes halogenated alkanes) is 1. The molecule has 0 bridgehead atoms. The third-order valence-corrected chi connectivity index (χ3v) is 6.73. The topological polar surface area (TPSA) is 148 Å². The zero-order chi connectivity index (χ0) is 27.8. The molecule has 2 aromatic heterocycles. The number of aromatic nitrogens is 6. The van der Waals surface area contributed by atoms with E-state index in [0.717, 1.165) is 40.9 Å². The summed E-state index contributed by atoms with van der Waals surface area (Å²) in [6.07, 6.45) is 1.76. The molecule has 0 radical (unpaired) electrons. The van der Waals surface area contributed by atoms with Crippen LogP contribution in [0, 0.1) is 0 Å². The number of likely N-dealkylation sites (N-methyl/N-ethyl adjacent to an activating group) is 1. The molecule has 2 atom stereocenters. The molecular formula is C27H30ClN7O4. The van der Waals surface area contributed by atoms with Gasteiger partial charge in [-0.05, 0) is 35.4 Å². The van der Waals surface area contributed by atoms with Gasteiger partial charge in [0.15, 0.2) is 11.3 Å². The zero-order valence-corrected chi connectivity index (χ0v) is 22.4. The molecule has 0 saturated heterocycles. The molecule has 0 aliphatic carbocycles. The highest BCUT2D eigenvalue weighted by Crippen LogP contribution is 2.30. The molecule has 0 spiro atoms. The number of aromatic amines is 1. The fourth-order valence-corrected chi connectivity index (χ4v) is 4.58. The van der Waals surface area contributed by atoms with Gasteiger partial charge in [-0.15, -0.1) is 10.2 Å². The summed E-state index contributed by atoms with van der Waals surface area (Å²) in [6, 6.07) is 14.9. The lowest BCUT2D eigenvalue weighted by Crippen LogP contribution is -2.45. The third-order valence-electron chi connectivity index (χ3n) is 6.42. The Kier molecular flexibility index (Phi) is 9.53. The second kappa shape index (κ2) is 13.2. The number of carbonyl (C=O) groups excluding carboxylic acids is 1. The SMILES string of the molecule is CCCCc1nc(Cl)c(COC(C(=O)O)C(C=O)NC)n1Cc1ccc(-c2ccccc2-c2nn[nH]n2)cc1. The maximum Gasteiger partial charge on any atom is 0.334 e. The molecule has 2 aromatic carbocycles. The van der Waals surface area contributed by atoms with Gasteiger partial charge >= 0.3 is 5.97 Å². The van der Waals surface area contributed by atoms with E-state index in [4.69, 9.17) is 16.3 Å². The lowest BCUT2D eigenvalue weighted by Gasteiger charge is -2.20. The van der Waals surface area contributed by atoms with E-state index in [1.54, 1.807) is 0 Å². The van der Waals surface area contributed by atoms with E-state index in [0.29, 0.717) is 30.8 Å². The molecule has 0 saturated carbocycles. The van der Waals surface area contributed by atoms with Crippen LogP contribution in [0.2, 0.25) is 5.15 Å². The highest BCUT2D eigenvalue weighted by molar-refractivity contribution is 6.30. The van der Waals surface area contributed by atoms with E-state index in [-0.39, 0.29) is 11.8 Å². The number of carbonyl (C=O) groups is 2. The summed E-state index contributed by atoms with van der Waals surface area (Å²) in [4.78, 5) is 27.6. The van der Waals surface area contributed by atoms with Crippen LogP contribution in [0.5, 0.6) is 0 Å². The molecule has 4 aromatic rings. The van der Waals surface area contributed by atoms with Crippen LogP contribution in [0.15, 0.2) is 48.5 Å². The van der Waals surface area contributed by atoms with E-state index in [2.05, 4.69) is 37.8 Å². The monoisotopic (exact) mass is 551 g/mol. The minimum Gasteiger partial charge on any atom is -0.479 e. The summed E-state index contributed by atoms with van der Waals surface area (Å²) < 4.78 is 7.64. The Morgan fingerprint density at radius 2 is 1.95 bits per heavy atom. The molecule has 0 aliphatic rings. The maximum atomic E-state index is 11.7. The first kappa shape index (κ1) is 28.1. The Morgan fingerprint density at radius 3 is 2.56 bits per heavy atom. The van der Waals surface area contributed by atoms with Crippen LogP contribution in [0.25, 0.3) is 22.5 Å². The summed E-state index contributed by atoms with van der Waals surface area (Å²) in [6.45, 7) is 2.45. The number of halogens is 1. The first-order chi connectivity index (χ1) is 19.0. The van der Waals surface area contributed by atoms with Gasteiger partial charge in [0.1, 0.15) is 18.2 Å². The Bertz CT molecular complexity index is 1390. The number of nitrogens with one attached hydrogen (secondary N) is 2. The lowest BCUT2D eigenvalue weighted by atomic mass is 9.98. The molecule has 39 heavy (non-hydrogen) atoms. The van der Waals surface area contributed by atoms with Gasteiger partial charge in [0, 0.05) is 18.5 Å². The van der Waals surface area contributed by atoms with E-state index >= 15 is 0 Å². The van der Waals surface area contributed by atoms with E-state index in [1.165, 1.54) is 7.05 Å². The van der Waals surface area contributed by atoms with Crippen molar-refractivity contribution in [1.29, 1.82) is 0 Å². The van der Waals surface area contributed by atoms with Crippen LogP contribution in [0.4, 0.5) is 0 Å². The van der Waals surface area contributed by atoms with Gasteiger partial charge < -0.3 is 24.5 Å². The molecule has 12 heteroatoms. The van der Waals surface area contributed by atoms with Crippen LogP contribution >= 0.6 is 11.6 Å². The molecule has 2 unspecified atom stereocenters. The second-order valence-electron chi connectivity index (χ2n) is 8.95. The standard InChI is InChI=1S/C27H30ClN7O4/c1-3-4-9-23-30-25(28)22(16-39-24(27(37)38)21(15-36)29-2)35(23)14-17-10-12-18(13-11-17)19-7-5-6-8-20(19)26-31-33-34-32-26/h5-8,10-13,15,21,24,29H,3-4,9,14,16H2,1-2H3,(H,37,38)(H,31,32,33,34). The van der Waals surface area contributed by atoms with Crippen LogP contribution in [0.1, 0.15) is 36.8 Å². The highest BCUT2D eigenvalue weighted by Gasteiger charge is 2.29. The summed E-state index contributed by atoms with van der Waals surface area (Å²) in [5.74, 6) is 0.0636. The number of hydrogen-bond acceptors (Lipinski definition) is 8. The largest absolute Gasteiger partial charge is 0.479 e. The minimum absolute atomic E-state index is 0.114. The van der Waals surface area contributed by atoms with Crippen molar-refractivity contribution in [2.24, 2.45) is 0 Å². The molecular weight excluding hydrogens is 522 g/mol. The van der Waals surface area contributed by atoms with Crippen molar-refractivity contribution in [3.05, 3.63) is 70.8 Å². The van der Waals surface area contributed by atoms with Crippen molar-refractivity contribution >= 4 is 23.9 Å². The Morgan fingerprint density at radius 1 is 1.21 bits per heavy atom. The van der Waals surface area contributed by atoms with Crippen LogP contribution < -0.4 is 5.32 Å². The molecule has 0 amide bonds. The maximum absolute atomic E-state index is 11.7. The van der Waals surface area contributed by atoms with Gasteiger partial charge in [0.2, 0.25) is 5.82 Å². The van der Waals surface area contributed by atoms with Crippen molar-refractivity contribution in [2.75, 3.05) is 7.05 Å². The summed E-state index contributed by atoms with van der Waals surface area (Å²) in [5, 5.41) is 26.9. The number of carboxylic acids is 1. The molecule has 2 heterocycles. The van der Waals surface area contributed by atoms with Crippen LogP contribution in [0.3, 0.4) is 0 Å². The highest BCUT2D eigenvalue weighted by atomic mass is 35.5. The van der Waals surface area contributed by atoms with Gasteiger partial charge in [-0.2, -0.15) is 5.21 Å². The number of imidazole rings is 1. The van der Waals surface area contributed by atoms with E-state index in [9.17, 15) is 14.7 Å². The predicted octanol–water partition coefficient (Wildman–Crippen LogP) is 3.53. The Hall–Kier alpha value is -3.93. The smallest absolute Gasteiger partial charge is 0.334 e. The van der Waals surface area contributed by atoms with Crippen molar-refractivity contribution in [3.8, 4) is 22.5 Å². The van der Waals surface area contributed by atoms with Crippen molar-refractivity contribution in [2.45, 2.75) is 51.5 Å². The number of tetrazole rings is 1. The first-order valence-corrected chi connectivity index (χ1v) is 13.0. The fourth-order valence-electron chi connectivity index (χ4n) is 4.32. The van der Waals surface area contributed by atoms with Gasteiger partial charge in [0.05, 0.1) is 12.3 Å². The quantitative estimate of drug-likeness (QED) is 0.200. The number of benzene rings is 2. The number of aldehydes is 1. The molecule has 4 rings (SSSR count). The van der Waals surface area contributed by atoms with Crippen molar-refractivity contribution in [1.82, 2.24) is 35.5 Å². The first-order valence-electron chi connectivity index (χ1n) is 12.6. The van der Waals surface area contributed by atoms with Gasteiger partial charge in [0.25, 0.3) is 0 Å². The number of aryl methyl sites for hydroxylation is 1. The molecule has 11 nitrogen and oxygen atoms in total. The number of nitrogens with zero attached hydrogens (tertiary/aromatic N) is 5. The van der Waals surface area contributed by atoms with Gasteiger partial charge in [-0.1, -0.05) is 73.5 Å². The molecule has 0 fully saturated rings. The number of ether oxygens (including phenoxy) is 1. The number of rotatable bonds is 14. The summed E-state index contributed by atoms with van der Waals surface area (Å²) in [7, 11) is 1.50. The third kappa shape index (κ3) is 6.56. The normalized spacial score (nSPS) is 12.8. The molecule has 204 valence electrons. The number of carboxylic acid groups (broad SMARTS) is 1. The summed E-state index contributed by atoms with van der Waals surface area (Å²) >= 11 is 6.51. The minimum atomic E-state index is -1.37. The van der Waals surface area contributed by atoms with E-state index < -0.39 is 18.1 Å². The van der Waals surface area contributed by atoms with E-state index in [1.807, 2.05) is 53.1 Å². The average molecular weight is 552 g/mol. The molecule has 0 aliphatic heterocycles. The Balaban J connectivity index is 1.61. The van der Waals surface area contributed by atoms with Gasteiger partial charge in [-0.25, -0.2) is 9.78 Å². The summed E-state index contributed by atoms with van der Waals surface area (Å²) in [5.41, 5.74) is 4.39. The number of H-pyrrole nitrogens is 1. The second-order valence-corrected chi connectivity index (χ2v) is 9.31. The number of aliphatic carboxylic acids is 1. The zero-order valence-electron chi connectivity index (χ0n) is 21.7. The average Bonchev–Trinajstić information content (AvgIpc) is 3.59. The van der Waals surface area contributed by atoms with Crippen LogP contribution in [-0.4, -0.2) is 66.7 Å². The fraction of sp³-hybridized carbons (Fsp3) is 0.333. The Labute approximate surface area is 230 Å². The van der Waals surface area contributed by atoms with Crippen molar-refractivity contribution < 1.29 is 19.4 Å². The van der Waals surface area contributed by atoms with Gasteiger partial charge in [-0.3, -0.25) is 0 Å². The molecule has 3 N–H and O–H groups in total. The predicted molar refractivity (Wildman–Crippen MR) is 145 cm³/mol. The lowest BCUT2D eigenvalue weighted by molar-refractivity contribution is -0.154.